The van der Waals surface area contributed by atoms with Crippen LogP contribution in [0.25, 0.3) is 17.0 Å². The monoisotopic (exact) mass is 458 g/mol. The Bertz CT molecular complexity index is 1410. The summed E-state index contributed by atoms with van der Waals surface area (Å²) in [5.41, 5.74) is 3.92. The highest BCUT2D eigenvalue weighted by Crippen LogP contribution is 2.39. The molecule has 1 aliphatic rings. The molecule has 2 heterocycles. The summed E-state index contributed by atoms with van der Waals surface area (Å²) in [5, 5.41) is 7.01. The van der Waals surface area contributed by atoms with E-state index in [0.29, 0.717) is 28.1 Å². The molecular formula is C26H20F2N4O2. The number of aryl methyl sites for hydroxylation is 1. The van der Waals surface area contributed by atoms with Crippen LogP contribution in [0.3, 0.4) is 0 Å². The molecule has 0 radical (unpaired) electrons. The zero-order valence-electron chi connectivity index (χ0n) is 18.4. The first kappa shape index (κ1) is 21.5. The third-order valence-corrected chi connectivity index (χ3v) is 5.69. The fourth-order valence-electron chi connectivity index (χ4n) is 4.08. The van der Waals surface area contributed by atoms with Crippen LogP contribution in [-0.2, 0) is 0 Å². The number of nitrogens with zero attached hydrogens (tertiary/aromatic N) is 3. The summed E-state index contributed by atoms with van der Waals surface area (Å²) in [7, 11) is 0. The van der Waals surface area contributed by atoms with E-state index in [1.54, 1.807) is 31.2 Å². The van der Waals surface area contributed by atoms with E-state index in [2.05, 4.69) is 15.5 Å². The Hall–Kier alpha value is -4.33. The standard InChI is InChI=1S/C26H20F2N4O2/c1-15-5-3-8-21(13-15)32-16(2)22(23(29-26(32)33)17-9-11-19(27)12-10-17)25-30-24(31-34-25)18-6-4-7-20(28)14-18/h3-14,23H,1-2H3,(H,29,33). The normalized spacial score (nSPS) is 16.1. The predicted octanol–water partition coefficient (Wildman–Crippen LogP) is 6.03. The van der Waals surface area contributed by atoms with Crippen molar-refractivity contribution in [1.29, 1.82) is 0 Å². The predicted molar refractivity (Wildman–Crippen MR) is 124 cm³/mol. The van der Waals surface area contributed by atoms with Gasteiger partial charge in [0.05, 0.1) is 17.3 Å². The molecule has 1 N–H and O–H groups in total. The molecule has 0 aliphatic carbocycles. The number of aromatic nitrogens is 2. The molecule has 1 aromatic heterocycles. The molecule has 0 saturated heterocycles. The largest absolute Gasteiger partial charge is 0.334 e. The average Bonchev–Trinajstić information content (AvgIpc) is 3.29. The highest BCUT2D eigenvalue weighted by atomic mass is 19.1. The summed E-state index contributed by atoms with van der Waals surface area (Å²) >= 11 is 0. The van der Waals surface area contributed by atoms with Gasteiger partial charge in [0.25, 0.3) is 5.89 Å². The summed E-state index contributed by atoms with van der Waals surface area (Å²) in [6.45, 7) is 3.73. The molecule has 8 heteroatoms. The quantitative estimate of drug-likeness (QED) is 0.406. The number of benzene rings is 3. The molecule has 1 atom stereocenters. The number of amides is 2. The molecule has 1 aliphatic heterocycles. The molecule has 2 amide bonds. The zero-order valence-corrected chi connectivity index (χ0v) is 18.4. The molecule has 0 spiro atoms. The van der Waals surface area contributed by atoms with Crippen molar-refractivity contribution in [3.63, 3.8) is 0 Å². The number of hydrogen-bond acceptors (Lipinski definition) is 4. The lowest BCUT2D eigenvalue weighted by molar-refractivity contribution is 0.244. The number of rotatable bonds is 4. The summed E-state index contributed by atoms with van der Waals surface area (Å²) in [5.74, 6) is -0.421. The van der Waals surface area contributed by atoms with Gasteiger partial charge in [-0.15, -0.1) is 0 Å². The summed E-state index contributed by atoms with van der Waals surface area (Å²) in [6.07, 6.45) is 0. The van der Waals surface area contributed by atoms with Gasteiger partial charge in [0.15, 0.2) is 0 Å². The number of anilines is 1. The van der Waals surface area contributed by atoms with Crippen molar-refractivity contribution < 1.29 is 18.1 Å². The van der Waals surface area contributed by atoms with Crippen LogP contribution in [0.5, 0.6) is 0 Å². The molecular weight excluding hydrogens is 438 g/mol. The fraction of sp³-hybridized carbons (Fsp3) is 0.115. The van der Waals surface area contributed by atoms with E-state index in [1.165, 1.54) is 29.2 Å². The second-order valence-electron chi connectivity index (χ2n) is 8.04. The fourth-order valence-corrected chi connectivity index (χ4v) is 4.08. The second kappa shape index (κ2) is 8.55. The van der Waals surface area contributed by atoms with Crippen LogP contribution in [0.1, 0.15) is 30.0 Å². The van der Waals surface area contributed by atoms with Crippen LogP contribution >= 0.6 is 0 Å². The first-order valence-corrected chi connectivity index (χ1v) is 10.6. The molecule has 0 fully saturated rings. The van der Waals surface area contributed by atoms with Crippen molar-refractivity contribution in [2.75, 3.05) is 4.90 Å². The highest BCUT2D eigenvalue weighted by molar-refractivity contribution is 6.01. The van der Waals surface area contributed by atoms with Gasteiger partial charge in [0.1, 0.15) is 11.6 Å². The Labute approximate surface area is 194 Å². The van der Waals surface area contributed by atoms with Crippen molar-refractivity contribution in [3.05, 3.63) is 107 Å². The van der Waals surface area contributed by atoms with Crippen molar-refractivity contribution in [2.24, 2.45) is 0 Å². The first-order valence-electron chi connectivity index (χ1n) is 10.6. The molecule has 6 nitrogen and oxygen atoms in total. The summed E-state index contributed by atoms with van der Waals surface area (Å²) in [6, 6.07) is 18.3. The third-order valence-electron chi connectivity index (χ3n) is 5.69. The van der Waals surface area contributed by atoms with Gasteiger partial charge < -0.3 is 9.84 Å². The first-order chi connectivity index (χ1) is 16.4. The molecule has 0 bridgehead atoms. The minimum absolute atomic E-state index is 0.170. The van der Waals surface area contributed by atoms with Crippen LogP contribution in [0, 0.1) is 18.6 Å². The van der Waals surface area contributed by atoms with E-state index in [9.17, 15) is 13.6 Å². The topological polar surface area (TPSA) is 71.3 Å². The van der Waals surface area contributed by atoms with Crippen LogP contribution in [0.15, 0.2) is 83.0 Å². The highest BCUT2D eigenvalue weighted by Gasteiger charge is 2.36. The maximum absolute atomic E-state index is 13.7. The molecule has 0 saturated carbocycles. The third kappa shape index (κ3) is 3.94. The number of carbonyl (C=O) groups is 1. The molecule has 34 heavy (non-hydrogen) atoms. The Morgan fingerprint density at radius 2 is 1.71 bits per heavy atom. The Morgan fingerprint density at radius 1 is 0.941 bits per heavy atom. The van der Waals surface area contributed by atoms with Crippen molar-refractivity contribution in [2.45, 2.75) is 19.9 Å². The van der Waals surface area contributed by atoms with Gasteiger partial charge in [-0.25, -0.2) is 13.6 Å². The number of halogens is 2. The average molecular weight is 458 g/mol. The number of carbonyl (C=O) groups excluding carboxylic acids is 1. The van der Waals surface area contributed by atoms with Gasteiger partial charge in [-0.1, -0.05) is 41.6 Å². The van der Waals surface area contributed by atoms with E-state index in [1.807, 2.05) is 31.2 Å². The molecule has 170 valence electrons. The maximum atomic E-state index is 13.7. The molecule has 5 rings (SSSR count). The summed E-state index contributed by atoms with van der Waals surface area (Å²) in [4.78, 5) is 19.2. The minimum Gasteiger partial charge on any atom is -0.334 e. The number of urea groups is 1. The SMILES string of the molecule is CC1=C(c2nc(-c3cccc(F)c3)no2)C(c2ccc(F)cc2)NC(=O)N1c1cccc(C)c1. The molecule has 1 unspecified atom stereocenters. The zero-order chi connectivity index (χ0) is 23.8. The van der Waals surface area contributed by atoms with Crippen molar-refractivity contribution in [3.8, 4) is 11.4 Å². The smallest absolute Gasteiger partial charge is 0.326 e. The van der Waals surface area contributed by atoms with E-state index < -0.39 is 11.9 Å². The van der Waals surface area contributed by atoms with Crippen LogP contribution in [0.2, 0.25) is 0 Å². The lowest BCUT2D eigenvalue weighted by atomic mass is 9.94. The van der Waals surface area contributed by atoms with Gasteiger partial charge >= 0.3 is 6.03 Å². The van der Waals surface area contributed by atoms with E-state index in [4.69, 9.17) is 4.52 Å². The molecule has 4 aromatic rings. The number of hydrogen-bond donors (Lipinski definition) is 1. The van der Waals surface area contributed by atoms with Gasteiger partial charge in [-0.05, 0) is 61.4 Å². The summed E-state index contributed by atoms with van der Waals surface area (Å²) < 4.78 is 32.9. The van der Waals surface area contributed by atoms with E-state index in [0.717, 1.165) is 5.56 Å². The van der Waals surface area contributed by atoms with Crippen molar-refractivity contribution in [1.82, 2.24) is 15.5 Å². The van der Waals surface area contributed by atoms with E-state index in [-0.39, 0.29) is 23.6 Å². The Morgan fingerprint density at radius 3 is 2.44 bits per heavy atom. The van der Waals surface area contributed by atoms with Crippen molar-refractivity contribution >= 4 is 17.3 Å². The minimum atomic E-state index is -0.657. The van der Waals surface area contributed by atoms with Crippen LogP contribution in [-0.4, -0.2) is 16.2 Å². The molecule has 3 aromatic carbocycles. The van der Waals surface area contributed by atoms with E-state index >= 15 is 0 Å². The van der Waals surface area contributed by atoms with Gasteiger partial charge in [0.2, 0.25) is 5.82 Å². The van der Waals surface area contributed by atoms with Crippen LogP contribution < -0.4 is 10.2 Å². The lowest BCUT2D eigenvalue weighted by Crippen LogP contribution is -2.46. The maximum Gasteiger partial charge on any atom is 0.326 e. The van der Waals surface area contributed by atoms with Gasteiger partial charge in [-0.2, -0.15) is 4.98 Å². The van der Waals surface area contributed by atoms with Crippen LogP contribution in [0.4, 0.5) is 19.3 Å². The lowest BCUT2D eigenvalue weighted by Gasteiger charge is -2.35. The van der Waals surface area contributed by atoms with Gasteiger partial charge in [0, 0.05) is 11.3 Å². The van der Waals surface area contributed by atoms with Gasteiger partial charge in [-0.3, -0.25) is 4.90 Å². The Kier molecular flexibility index (Phi) is 5.41. The number of nitrogens with one attached hydrogen (secondary N) is 1. The Balaban J connectivity index is 1.66. The number of allylic oxidation sites excluding steroid dienone is 1. The second-order valence-corrected chi connectivity index (χ2v) is 8.04.